The summed E-state index contributed by atoms with van der Waals surface area (Å²) in [4.78, 5) is 8.85. The van der Waals surface area contributed by atoms with Gasteiger partial charge in [-0.25, -0.2) is 0 Å². The van der Waals surface area contributed by atoms with Crippen LogP contribution in [0, 0.1) is 5.92 Å². The van der Waals surface area contributed by atoms with E-state index in [9.17, 15) is 0 Å². The van der Waals surface area contributed by atoms with Crippen LogP contribution in [0.4, 0.5) is 0 Å². The smallest absolute Gasteiger partial charge is 0.227 e. The molecular weight excluding hydrogens is 240 g/mol. The number of hydrogen-bond donors (Lipinski definition) is 1. The van der Waals surface area contributed by atoms with Gasteiger partial charge in [0.05, 0.1) is 0 Å². The molecule has 100 valence electrons. The Kier molecular flexibility index (Phi) is 3.55. The Hall–Kier alpha value is -1.75. The summed E-state index contributed by atoms with van der Waals surface area (Å²) in [5.74, 6) is 1.94. The summed E-state index contributed by atoms with van der Waals surface area (Å²) in [7, 11) is 0. The minimum atomic E-state index is 0.610. The molecule has 2 aromatic rings. The van der Waals surface area contributed by atoms with Gasteiger partial charge in [-0.3, -0.25) is 4.98 Å². The molecule has 1 saturated heterocycles. The first kappa shape index (κ1) is 12.3. The maximum atomic E-state index is 5.35. The third-order valence-electron chi connectivity index (χ3n) is 3.58. The summed E-state index contributed by atoms with van der Waals surface area (Å²) in [5.41, 5.74) is 1.99. The van der Waals surface area contributed by atoms with Gasteiger partial charge in [0.1, 0.15) is 5.69 Å². The number of rotatable bonds is 4. The predicted octanol–water partition coefficient (Wildman–Crippen LogP) is 1.85. The molecule has 1 N–H and O–H groups in total. The van der Waals surface area contributed by atoms with E-state index in [-0.39, 0.29) is 0 Å². The Morgan fingerprint density at radius 2 is 2.42 bits per heavy atom. The van der Waals surface area contributed by atoms with Crippen LogP contribution < -0.4 is 5.32 Å². The number of aromatic nitrogens is 3. The topological polar surface area (TPSA) is 63.8 Å². The maximum Gasteiger partial charge on any atom is 0.227 e. The molecule has 3 rings (SSSR count). The van der Waals surface area contributed by atoms with Gasteiger partial charge in [0, 0.05) is 12.6 Å². The highest BCUT2D eigenvalue weighted by Gasteiger charge is 2.19. The average molecular weight is 258 g/mol. The van der Waals surface area contributed by atoms with Gasteiger partial charge in [-0.05, 0) is 43.5 Å². The fourth-order valence-electron chi connectivity index (χ4n) is 2.49. The van der Waals surface area contributed by atoms with E-state index in [2.05, 4.69) is 33.4 Å². The van der Waals surface area contributed by atoms with Gasteiger partial charge in [-0.1, -0.05) is 18.1 Å². The highest BCUT2D eigenvalue weighted by molar-refractivity contribution is 5.53. The lowest BCUT2D eigenvalue weighted by molar-refractivity contribution is 0.358. The molecule has 0 saturated carbocycles. The molecule has 0 aliphatic carbocycles. The second-order valence-corrected chi connectivity index (χ2v) is 4.94. The van der Waals surface area contributed by atoms with Crippen LogP contribution in [0.15, 0.2) is 22.9 Å². The molecule has 2 aromatic heterocycles. The van der Waals surface area contributed by atoms with Crippen LogP contribution in [0.25, 0.3) is 11.5 Å². The summed E-state index contributed by atoms with van der Waals surface area (Å²) in [6.45, 7) is 4.24. The van der Waals surface area contributed by atoms with Crippen LogP contribution in [0.2, 0.25) is 0 Å². The SMILES string of the molecule is CCc1cccnc1-c1noc(CC2CCNC2)n1. The molecule has 0 bridgehead atoms. The predicted molar refractivity (Wildman–Crippen MR) is 71.6 cm³/mol. The minimum Gasteiger partial charge on any atom is -0.339 e. The van der Waals surface area contributed by atoms with E-state index in [4.69, 9.17) is 4.52 Å². The van der Waals surface area contributed by atoms with Crippen molar-refractivity contribution in [3.63, 3.8) is 0 Å². The fraction of sp³-hybridized carbons (Fsp3) is 0.500. The second kappa shape index (κ2) is 5.48. The molecule has 1 fully saturated rings. The van der Waals surface area contributed by atoms with Gasteiger partial charge in [0.25, 0.3) is 0 Å². The maximum absolute atomic E-state index is 5.35. The molecule has 1 aliphatic rings. The van der Waals surface area contributed by atoms with Crippen LogP contribution in [-0.2, 0) is 12.8 Å². The molecule has 3 heterocycles. The monoisotopic (exact) mass is 258 g/mol. The number of hydrogen-bond acceptors (Lipinski definition) is 5. The molecular formula is C14H18N4O. The van der Waals surface area contributed by atoms with Crippen LogP contribution in [0.5, 0.6) is 0 Å². The van der Waals surface area contributed by atoms with E-state index in [0.717, 1.165) is 43.1 Å². The van der Waals surface area contributed by atoms with Gasteiger partial charge >= 0.3 is 0 Å². The third-order valence-corrected chi connectivity index (χ3v) is 3.58. The van der Waals surface area contributed by atoms with Gasteiger partial charge in [0.2, 0.25) is 11.7 Å². The van der Waals surface area contributed by atoms with Crippen molar-refractivity contribution < 1.29 is 4.52 Å². The summed E-state index contributed by atoms with van der Waals surface area (Å²) in [6, 6.07) is 3.99. The Morgan fingerprint density at radius 3 is 3.21 bits per heavy atom. The van der Waals surface area contributed by atoms with Crippen LogP contribution in [0.3, 0.4) is 0 Å². The fourth-order valence-corrected chi connectivity index (χ4v) is 2.49. The molecule has 0 radical (unpaired) electrons. The van der Waals surface area contributed by atoms with E-state index in [0.29, 0.717) is 11.7 Å². The average Bonchev–Trinajstić information content (AvgIpc) is 3.11. The number of nitrogens with one attached hydrogen (secondary N) is 1. The van der Waals surface area contributed by atoms with Crippen molar-refractivity contribution in [2.75, 3.05) is 13.1 Å². The quantitative estimate of drug-likeness (QED) is 0.906. The molecule has 1 atom stereocenters. The molecule has 0 amide bonds. The van der Waals surface area contributed by atoms with Gasteiger partial charge in [0.15, 0.2) is 0 Å². The number of nitrogens with zero attached hydrogens (tertiary/aromatic N) is 3. The molecule has 1 aliphatic heterocycles. The molecule has 19 heavy (non-hydrogen) atoms. The zero-order valence-electron chi connectivity index (χ0n) is 11.1. The molecule has 1 unspecified atom stereocenters. The summed E-state index contributed by atoms with van der Waals surface area (Å²) >= 11 is 0. The largest absolute Gasteiger partial charge is 0.339 e. The van der Waals surface area contributed by atoms with Crippen LogP contribution in [-0.4, -0.2) is 28.2 Å². The van der Waals surface area contributed by atoms with Crippen molar-refractivity contribution in [2.45, 2.75) is 26.2 Å². The van der Waals surface area contributed by atoms with Crippen molar-refractivity contribution in [1.29, 1.82) is 0 Å². The normalized spacial score (nSPS) is 18.9. The summed E-state index contributed by atoms with van der Waals surface area (Å²) < 4.78 is 5.35. The first-order valence-electron chi connectivity index (χ1n) is 6.84. The van der Waals surface area contributed by atoms with Gasteiger partial charge < -0.3 is 9.84 Å². The molecule has 0 aromatic carbocycles. The first-order chi connectivity index (χ1) is 9.36. The zero-order valence-corrected chi connectivity index (χ0v) is 11.1. The van der Waals surface area contributed by atoms with E-state index in [1.807, 2.05) is 6.07 Å². The lowest BCUT2D eigenvalue weighted by Crippen LogP contribution is -2.10. The van der Waals surface area contributed by atoms with Crippen LogP contribution >= 0.6 is 0 Å². The van der Waals surface area contributed by atoms with E-state index in [1.54, 1.807) is 6.20 Å². The highest BCUT2D eigenvalue weighted by Crippen LogP contribution is 2.20. The Labute approximate surface area is 112 Å². The zero-order chi connectivity index (χ0) is 13.1. The lowest BCUT2D eigenvalue weighted by Gasteiger charge is -2.02. The Balaban J connectivity index is 1.80. The van der Waals surface area contributed by atoms with Gasteiger partial charge in [-0.2, -0.15) is 4.98 Å². The second-order valence-electron chi connectivity index (χ2n) is 4.94. The van der Waals surface area contributed by atoms with Crippen molar-refractivity contribution in [2.24, 2.45) is 5.92 Å². The van der Waals surface area contributed by atoms with Crippen molar-refractivity contribution in [3.05, 3.63) is 29.8 Å². The van der Waals surface area contributed by atoms with E-state index >= 15 is 0 Å². The van der Waals surface area contributed by atoms with E-state index in [1.165, 1.54) is 6.42 Å². The minimum absolute atomic E-state index is 0.610. The Bertz CT molecular complexity index is 546. The van der Waals surface area contributed by atoms with Crippen molar-refractivity contribution in [1.82, 2.24) is 20.4 Å². The standard InChI is InChI=1S/C14H18N4O/c1-2-11-4-3-6-16-13(11)14-17-12(19-18-14)8-10-5-7-15-9-10/h3-4,6,10,15H,2,5,7-9H2,1H3. The lowest BCUT2D eigenvalue weighted by atomic mass is 10.1. The molecule has 0 spiro atoms. The van der Waals surface area contributed by atoms with Crippen molar-refractivity contribution >= 4 is 0 Å². The van der Waals surface area contributed by atoms with Crippen molar-refractivity contribution in [3.8, 4) is 11.5 Å². The number of aryl methyl sites for hydroxylation is 1. The highest BCUT2D eigenvalue weighted by atomic mass is 16.5. The third kappa shape index (κ3) is 2.66. The van der Waals surface area contributed by atoms with Gasteiger partial charge in [-0.15, -0.1) is 0 Å². The summed E-state index contributed by atoms with van der Waals surface area (Å²) in [5, 5.41) is 7.42. The van der Waals surface area contributed by atoms with E-state index < -0.39 is 0 Å². The molecule has 5 heteroatoms. The molecule has 5 nitrogen and oxygen atoms in total. The summed E-state index contributed by atoms with van der Waals surface area (Å²) in [6.07, 6.45) is 4.72. The number of pyridine rings is 1. The first-order valence-corrected chi connectivity index (χ1v) is 6.84. The van der Waals surface area contributed by atoms with Crippen LogP contribution in [0.1, 0.15) is 24.8 Å². The Morgan fingerprint density at radius 1 is 1.47 bits per heavy atom.